The van der Waals surface area contributed by atoms with Crippen LogP contribution < -0.4 is 10.1 Å². The van der Waals surface area contributed by atoms with Gasteiger partial charge in [-0.1, -0.05) is 36.4 Å². The highest BCUT2D eigenvalue weighted by atomic mass is 79.9. The van der Waals surface area contributed by atoms with Gasteiger partial charge in [0.2, 0.25) is 0 Å². The minimum absolute atomic E-state index is 0.0106. The third kappa shape index (κ3) is 4.13. The number of thiocarbonyl (C=S) groups is 1. The average Bonchev–Trinajstić information content (AvgIpc) is 2.67. The summed E-state index contributed by atoms with van der Waals surface area (Å²) in [6, 6.07) is 14.9. The maximum absolute atomic E-state index is 13.3. The summed E-state index contributed by atoms with van der Waals surface area (Å²) >= 11 is 9.08. The number of halogens is 1. The minimum Gasteiger partial charge on any atom is -0.490 e. The van der Waals surface area contributed by atoms with Gasteiger partial charge in [-0.3, -0.25) is 4.79 Å². The Morgan fingerprint density at radius 3 is 2.50 bits per heavy atom. The van der Waals surface area contributed by atoms with Crippen molar-refractivity contribution >= 4 is 39.0 Å². The lowest BCUT2D eigenvalue weighted by atomic mass is 9.89. The van der Waals surface area contributed by atoms with E-state index in [0.717, 1.165) is 21.5 Å². The summed E-state index contributed by atoms with van der Waals surface area (Å²) in [5.41, 5.74) is 3.13. The first-order valence-electron chi connectivity index (χ1n) is 9.10. The fourth-order valence-electron chi connectivity index (χ4n) is 3.17. The number of hydrogen-bond acceptors (Lipinski definition) is 3. The van der Waals surface area contributed by atoms with E-state index in [0.29, 0.717) is 16.2 Å². The van der Waals surface area contributed by atoms with Gasteiger partial charge in [-0.15, -0.1) is 0 Å². The van der Waals surface area contributed by atoms with E-state index < -0.39 is 0 Å². The molecule has 0 amide bonds. The quantitative estimate of drug-likeness (QED) is 0.489. The smallest absolute Gasteiger partial charge is 0.193 e. The molecule has 1 N–H and O–H groups in total. The molecule has 4 nitrogen and oxygen atoms in total. The minimum atomic E-state index is -0.333. The number of rotatable bonds is 5. The molecule has 0 saturated heterocycles. The van der Waals surface area contributed by atoms with E-state index in [4.69, 9.17) is 17.0 Å². The van der Waals surface area contributed by atoms with Crippen LogP contribution in [0.5, 0.6) is 5.75 Å². The molecule has 2 aromatic carbocycles. The summed E-state index contributed by atoms with van der Waals surface area (Å²) in [6.45, 7) is 5.90. The molecule has 28 heavy (non-hydrogen) atoms. The molecule has 0 spiro atoms. The van der Waals surface area contributed by atoms with Gasteiger partial charge in [0.25, 0.3) is 0 Å². The van der Waals surface area contributed by atoms with Crippen LogP contribution in [0.15, 0.2) is 64.3 Å². The summed E-state index contributed by atoms with van der Waals surface area (Å²) in [5, 5.41) is 3.91. The molecule has 0 aromatic heterocycles. The first kappa shape index (κ1) is 20.6. The second-order valence-electron chi connectivity index (χ2n) is 6.99. The molecule has 3 rings (SSSR count). The lowest BCUT2D eigenvalue weighted by Crippen LogP contribution is -2.45. The zero-order chi connectivity index (χ0) is 20.4. The summed E-state index contributed by atoms with van der Waals surface area (Å²) < 4.78 is 6.65. The van der Waals surface area contributed by atoms with Crippen LogP contribution >= 0.6 is 28.1 Å². The Kier molecular flexibility index (Phi) is 6.20. The monoisotopic (exact) mass is 458 g/mol. The van der Waals surface area contributed by atoms with Crippen molar-refractivity contribution in [3.63, 3.8) is 0 Å². The molecule has 1 heterocycles. The predicted octanol–water partition coefficient (Wildman–Crippen LogP) is 5.25. The number of carbonyl (C=O) groups is 1. The summed E-state index contributed by atoms with van der Waals surface area (Å²) in [4.78, 5) is 15.2. The molecule has 1 aliphatic heterocycles. The van der Waals surface area contributed by atoms with Crippen molar-refractivity contribution in [2.24, 2.45) is 0 Å². The van der Waals surface area contributed by atoms with Crippen molar-refractivity contribution < 1.29 is 9.53 Å². The van der Waals surface area contributed by atoms with E-state index in [-0.39, 0.29) is 17.9 Å². The van der Waals surface area contributed by atoms with Gasteiger partial charge in [0, 0.05) is 23.9 Å². The standard InChI is InChI=1S/C22H23BrN2O2S/c1-13(2)27-18-11-10-16(12-17(18)23)20-19(14(3)25(4)22(28)24-20)21(26)15-8-6-5-7-9-15/h5-13,20H,1-4H3,(H,24,28). The first-order chi connectivity index (χ1) is 13.3. The third-order valence-electron chi connectivity index (χ3n) is 4.69. The van der Waals surface area contributed by atoms with E-state index in [1.165, 1.54) is 0 Å². The topological polar surface area (TPSA) is 41.6 Å². The lowest BCUT2D eigenvalue weighted by molar-refractivity contribution is 0.102. The van der Waals surface area contributed by atoms with Crippen LogP contribution in [-0.4, -0.2) is 28.9 Å². The molecule has 0 saturated carbocycles. The molecule has 0 bridgehead atoms. The van der Waals surface area contributed by atoms with Crippen LogP contribution in [0.25, 0.3) is 0 Å². The number of carbonyl (C=O) groups excluding carboxylic acids is 1. The maximum atomic E-state index is 13.3. The number of nitrogens with zero attached hydrogens (tertiary/aromatic N) is 1. The van der Waals surface area contributed by atoms with Crippen LogP contribution in [-0.2, 0) is 0 Å². The van der Waals surface area contributed by atoms with Gasteiger partial charge in [0.05, 0.1) is 16.6 Å². The number of ketones is 1. The molecular weight excluding hydrogens is 436 g/mol. The third-order valence-corrected chi connectivity index (χ3v) is 5.70. The van der Waals surface area contributed by atoms with E-state index in [9.17, 15) is 4.79 Å². The van der Waals surface area contributed by atoms with Crippen LogP contribution in [0, 0.1) is 0 Å². The van der Waals surface area contributed by atoms with Gasteiger partial charge in [-0.25, -0.2) is 0 Å². The SMILES string of the molecule is CC1=C(C(=O)c2ccccc2)C(c2ccc(OC(C)C)c(Br)c2)NC(=S)N1C. The van der Waals surface area contributed by atoms with E-state index in [1.807, 2.05) is 81.2 Å². The molecular formula is C22H23BrN2O2S. The fourth-order valence-corrected chi connectivity index (χ4v) is 3.92. The van der Waals surface area contributed by atoms with Crippen LogP contribution in [0.1, 0.15) is 42.7 Å². The van der Waals surface area contributed by atoms with Gasteiger partial charge >= 0.3 is 0 Å². The number of Topliss-reactive ketones (excluding diaryl/α,β-unsaturated/α-hetero) is 1. The highest BCUT2D eigenvalue weighted by Crippen LogP contribution is 2.36. The average molecular weight is 459 g/mol. The van der Waals surface area contributed by atoms with Gasteiger partial charge in [-0.2, -0.15) is 0 Å². The van der Waals surface area contributed by atoms with E-state index >= 15 is 0 Å². The van der Waals surface area contributed by atoms with Gasteiger partial charge in [0.1, 0.15) is 5.75 Å². The lowest BCUT2D eigenvalue weighted by Gasteiger charge is -2.36. The molecule has 6 heteroatoms. The highest BCUT2D eigenvalue weighted by Gasteiger charge is 2.33. The van der Waals surface area contributed by atoms with Crippen molar-refractivity contribution in [2.45, 2.75) is 32.9 Å². The van der Waals surface area contributed by atoms with Crippen molar-refractivity contribution in [1.82, 2.24) is 10.2 Å². The summed E-state index contributed by atoms with van der Waals surface area (Å²) in [5.74, 6) is 0.759. The second kappa shape index (κ2) is 8.45. The summed E-state index contributed by atoms with van der Waals surface area (Å²) in [7, 11) is 1.87. The summed E-state index contributed by atoms with van der Waals surface area (Å²) in [6.07, 6.45) is 0.0774. The molecule has 0 fully saturated rings. The van der Waals surface area contributed by atoms with Gasteiger partial charge < -0.3 is 15.0 Å². The molecule has 1 atom stereocenters. The molecule has 1 unspecified atom stereocenters. The van der Waals surface area contributed by atoms with Crippen molar-refractivity contribution in [2.75, 3.05) is 7.05 Å². The number of allylic oxidation sites excluding steroid dienone is 1. The molecule has 1 aliphatic rings. The number of hydrogen-bond donors (Lipinski definition) is 1. The first-order valence-corrected chi connectivity index (χ1v) is 10.3. The normalized spacial score (nSPS) is 17.0. The number of nitrogens with one attached hydrogen (secondary N) is 1. The predicted molar refractivity (Wildman–Crippen MR) is 120 cm³/mol. The number of ether oxygens (including phenoxy) is 1. The van der Waals surface area contributed by atoms with E-state index in [2.05, 4.69) is 21.2 Å². The Balaban J connectivity index is 2.06. The Hall–Kier alpha value is -2.18. The zero-order valence-electron chi connectivity index (χ0n) is 16.3. The Bertz CT molecular complexity index is 941. The van der Waals surface area contributed by atoms with Crippen LogP contribution in [0.4, 0.5) is 0 Å². The van der Waals surface area contributed by atoms with Crippen LogP contribution in [0.2, 0.25) is 0 Å². The molecule has 146 valence electrons. The number of benzene rings is 2. The van der Waals surface area contributed by atoms with Gasteiger partial charge in [0.15, 0.2) is 10.9 Å². The van der Waals surface area contributed by atoms with E-state index in [1.54, 1.807) is 0 Å². The zero-order valence-corrected chi connectivity index (χ0v) is 18.7. The Labute approximate surface area is 179 Å². The molecule has 2 aromatic rings. The Morgan fingerprint density at radius 2 is 1.89 bits per heavy atom. The van der Waals surface area contributed by atoms with Crippen LogP contribution in [0.3, 0.4) is 0 Å². The van der Waals surface area contributed by atoms with Crippen molar-refractivity contribution in [3.8, 4) is 5.75 Å². The second-order valence-corrected chi connectivity index (χ2v) is 8.23. The largest absolute Gasteiger partial charge is 0.490 e. The highest BCUT2D eigenvalue weighted by molar-refractivity contribution is 9.10. The van der Waals surface area contributed by atoms with Crippen molar-refractivity contribution in [1.29, 1.82) is 0 Å². The fraction of sp³-hybridized carbons (Fsp3) is 0.273. The molecule has 0 radical (unpaired) electrons. The molecule has 0 aliphatic carbocycles. The Morgan fingerprint density at radius 1 is 1.21 bits per heavy atom. The maximum Gasteiger partial charge on any atom is 0.193 e. The van der Waals surface area contributed by atoms with Gasteiger partial charge in [-0.05, 0) is 66.6 Å². The van der Waals surface area contributed by atoms with Crippen molar-refractivity contribution in [3.05, 3.63) is 75.4 Å².